The van der Waals surface area contributed by atoms with Crippen molar-refractivity contribution in [2.45, 2.75) is 32.1 Å². The number of halogens is 1. The molecule has 0 atom stereocenters. The zero-order valence-electron chi connectivity index (χ0n) is 13.9. The molecule has 8 heteroatoms. The Labute approximate surface area is 151 Å². The van der Waals surface area contributed by atoms with Crippen LogP contribution >= 0.6 is 12.4 Å². The molecule has 1 heterocycles. The number of nitrogens with two attached hydrogens (primary N) is 2. The van der Waals surface area contributed by atoms with Crippen LogP contribution in [0, 0.1) is 0 Å². The molecular weight excluding hydrogens is 344 g/mol. The van der Waals surface area contributed by atoms with Crippen molar-refractivity contribution >= 4 is 18.3 Å². The van der Waals surface area contributed by atoms with E-state index in [4.69, 9.17) is 11.5 Å². The van der Waals surface area contributed by atoms with Crippen LogP contribution in [0.1, 0.15) is 41.6 Å². The van der Waals surface area contributed by atoms with E-state index in [1.165, 1.54) is 16.8 Å². The van der Waals surface area contributed by atoms with Crippen LogP contribution in [-0.4, -0.2) is 22.0 Å². The van der Waals surface area contributed by atoms with E-state index in [9.17, 15) is 14.4 Å². The first kappa shape index (κ1) is 20.7. The van der Waals surface area contributed by atoms with Gasteiger partial charge in [0.2, 0.25) is 5.91 Å². The molecule has 0 unspecified atom stereocenters. The number of aromatic nitrogens is 2. The highest BCUT2D eigenvalue weighted by molar-refractivity contribution is 5.95. The summed E-state index contributed by atoms with van der Waals surface area (Å²) in [4.78, 5) is 37.3. The summed E-state index contributed by atoms with van der Waals surface area (Å²) in [5.74, 6) is -0.536. The Balaban J connectivity index is 0.00000312. The summed E-state index contributed by atoms with van der Waals surface area (Å²) < 4.78 is 1.32. The average molecular weight is 367 g/mol. The number of primary amides is 1. The first-order valence-electron chi connectivity index (χ1n) is 7.98. The second kappa shape index (κ2) is 9.80. The van der Waals surface area contributed by atoms with E-state index in [0.29, 0.717) is 29.8 Å². The lowest BCUT2D eigenvalue weighted by Gasteiger charge is -2.14. The second-order valence-electron chi connectivity index (χ2n) is 5.60. The number of carbonyl (C=O) groups excluding carboxylic acids is 1. The molecule has 25 heavy (non-hydrogen) atoms. The maximum absolute atomic E-state index is 12.1. The first-order chi connectivity index (χ1) is 11.5. The molecule has 2 rings (SSSR count). The van der Waals surface area contributed by atoms with Gasteiger partial charge in [0, 0.05) is 17.8 Å². The average Bonchev–Trinajstić information content (AvgIpc) is 2.54. The number of aromatic amines is 1. The van der Waals surface area contributed by atoms with Gasteiger partial charge in [-0.15, -0.1) is 12.4 Å². The minimum absolute atomic E-state index is 0. The van der Waals surface area contributed by atoms with Crippen molar-refractivity contribution in [2.24, 2.45) is 11.5 Å². The largest absolute Gasteiger partial charge is 0.366 e. The Morgan fingerprint density at radius 2 is 1.80 bits per heavy atom. The SMILES string of the molecule is Cl.NCCCCCCc1c(C(N)=O)cccc1-n1ccc(=O)[nH]c1=O. The lowest BCUT2D eigenvalue weighted by molar-refractivity contribution is 0.0999. The molecule has 136 valence electrons. The van der Waals surface area contributed by atoms with Gasteiger partial charge >= 0.3 is 5.69 Å². The fourth-order valence-corrected chi connectivity index (χ4v) is 2.70. The van der Waals surface area contributed by atoms with Gasteiger partial charge in [0.15, 0.2) is 0 Å². The van der Waals surface area contributed by atoms with E-state index in [0.717, 1.165) is 25.7 Å². The molecule has 0 saturated heterocycles. The normalized spacial score (nSPS) is 10.3. The van der Waals surface area contributed by atoms with E-state index < -0.39 is 17.2 Å². The smallest absolute Gasteiger partial charge is 0.332 e. The number of carbonyl (C=O) groups is 1. The van der Waals surface area contributed by atoms with Crippen molar-refractivity contribution in [3.63, 3.8) is 0 Å². The number of hydrogen-bond donors (Lipinski definition) is 3. The molecule has 7 nitrogen and oxygen atoms in total. The van der Waals surface area contributed by atoms with Gasteiger partial charge in [-0.05, 0) is 43.5 Å². The van der Waals surface area contributed by atoms with Crippen LogP contribution in [0.4, 0.5) is 0 Å². The molecule has 0 radical (unpaired) electrons. The van der Waals surface area contributed by atoms with E-state index >= 15 is 0 Å². The van der Waals surface area contributed by atoms with Gasteiger partial charge < -0.3 is 11.5 Å². The van der Waals surface area contributed by atoms with Crippen LogP contribution in [0.5, 0.6) is 0 Å². The summed E-state index contributed by atoms with van der Waals surface area (Å²) >= 11 is 0. The Bertz CT molecular complexity index is 829. The van der Waals surface area contributed by atoms with E-state index in [-0.39, 0.29) is 12.4 Å². The molecule has 0 fully saturated rings. The predicted molar refractivity (Wildman–Crippen MR) is 99.7 cm³/mol. The molecule has 0 aliphatic heterocycles. The van der Waals surface area contributed by atoms with Crippen LogP contribution in [0.3, 0.4) is 0 Å². The minimum Gasteiger partial charge on any atom is -0.366 e. The fourth-order valence-electron chi connectivity index (χ4n) is 2.70. The zero-order chi connectivity index (χ0) is 17.5. The number of H-pyrrole nitrogens is 1. The van der Waals surface area contributed by atoms with Gasteiger partial charge in [0.25, 0.3) is 5.56 Å². The van der Waals surface area contributed by atoms with Crippen molar-refractivity contribution in [1.82, 2.24) is 9.55 Å². The molecule has 0 bridgehead atoms. The van der Waals surface area contributed by atoms with Crippen molar-refractivity contribution in [1.29, 1.82) is 0 Å². The topological polar surface area (TPSA) is 124 Å². The fraction of sp³-hybridized carbons (Fsp3) is 0.353. The maximum Gasteiger partial charge on any atom is 0.332 e. The first-order valence-corrected chi connectivity index (χ1v) is 7.98. The number of benzene rings is 1. The third-order valence-corrected chi connectivity index (χ3v) is 3.88. The Hall–Kier alpha value is -2.38. The predicted octanol–water partition coefficient (Wildman–Crippen LogP) is 1.11. The second-order valence-corrected chi connectivity index (χ2v) is 5.60. The number of rotatable bonds is 8. The number of nitrogens with zero attached hydrogens (tertiary/aromatic N) is 1. The van der Waals surface area contributed by atoms with Crippen LogP contribution < -0.4 is 22.7 Å². The van der Waals surface area contributed by atoms with Crippen LogP contribution in [0.2, 0.25) is 0 Å². The Morgan fingerprint density at radius 1 is 1.08 bits per heavy atom. The van der Waals surface area contributed by atoms with Crippen LogP contribution in [0.15, 0.2) is 40.1 Å². The third kappa shape index (κ3) is 5.30. The Morgan fingerprint density at radius 3 is 2.44 bits per heavy atom. The van der Waals surface area contributed by atoms with Crippen LogP contribution in [0.25, 0.3) is 5.69 Å². The van der Waals surface area contributed by atoms with Crippen molar-refractivity contribution in [3.05, 3.63) is 62.4 Å². The van der Waals surface area contributed by atoms with E-state index in [2.05, 4.69) is 4.98 Å². The monoisotopic (exact) mass is 366 g/mol. The molecule has 5 N–H and O–H groups in total. The summed E-state index contributed by atoms with van der Waals surface area (Å²) in [5, 5.41) is 0. The van der Waals surface area contributed by atoms with Gasteiger partial charge in [-0.25, -0.2) is 4.79 Å². The highest BCUT2D eigenvalue weighted by atomic mass is 35.5. The highest BCUT2D eigenvalue weighted by Gasteiger charge is 2.14. The summed E-state index contributed by atoms with van der Waals surface area (Å²) in [5.41, 5.74) is 11.6. The number of amides is 1. The molecule has 0 spiro atoms. The molecule has 0 saturated carbocycles. The minimum atomic E-state index is -0.548. The van der Waals surface area contributed by atoms with Gasteiger partial charge in [0.05, 0.1) is 5.69 Å². The van der Waals surface area contributed by atoms with Crippen molar-refractivity contribution in [2.75, 3.05) is 6.54 Å². The maximum atomic E-state index is 12.1. The van der Waals surface area contributed by atoms with Gasteiger partial charge in [-0.3, -0.25) is 19.1 Å². The lowest BCUT2D eigenvalue weighted by Crippen LogP contribution is -2.28. The molecule has 0 aliphatic rings. The quantitative estimate of drug-likeness (QED) is 0.605. The summed E-state index contributed by atoms with van der Waals surface area (Å²) in [6, 6.07) is 6.33. The number of hydrogen-bond acceptors (Lipinski definition) is 4. The van der Waals surface area contributed by atoms with E-state index in [1.54, 1.807) is 18.2 Å². The van der Waals surface area contributed by atoms with Gasteiger partial charge in [-0.1, -0.05) is 18.9 Å². The Kier molecular flexibility index (Phi) is 8.10. The van der Waals surface area contributed by atoms with Crippen LogP contribution in [-0.2, 0) is 6.42 Å². The van der Waals surface area contributed by atoms with Crippen molar-refractivity contribution < 1.29 is 4.79 Å². The van der Waals surface area contributed by atoms with Gasteiger partial charge in [-0.2, -0.15) is 0 Å². The van der Waals surface area contributed by atoms with E-state index in [1.807, 2.05) is 0 Å². The third-order valence-electron chi connectivity index (χ3n) is 3.88. The summed E-state index contributed by atoms with van der Waals surface area (Å²) in [6.07, 6.45) is 5.83. The van der Waals surface area contributed by atoms with Gasteiger partial charge in [0.1, 0.15) is 0 Å². The zero-order valence-corrected chi connectivity index (χ0v) is 14.7. The highest BCUT2D eigenvalue weighted by Crippen LogP contribution is 2.20. The molecule has 1 amide bonds. The molecule has 1 aromatic carbocycles. The molecule has 0 aliphatic carbocycles. The molecule has 1 aromatic heterocycles. The summed E-state index contributed by atoms with van der Waals surface area (Å²) in [7, 11) is 0. The number of unbranched alkanes of at least 4 members (excludes halogenated alkanes) is 3. The number of nitrogens with one attached hydrogen (secondary N) is 1. The van der Waals surface area contributed by atoms with Crippen molar-refractivity contribution in [3.8, 4) is 5.69 Å². The summed E-state index contributed by atoms with van der Waals surface area (Å²) in [6.45, 7) is 0.663. The lowest BCUT2D eigenvalue weighted by atomic mass is 9.98. The standard InChI is InChI=1S/C17H22N4O3.ClH/c18-10-4-2-1-3-6-12-13(16(19)23)7-5-8-14(12)21-11-9-15(22)20-17(21)24;/h5,7-9,11H,1-4,6,10,18H2,(H2,19,23)(H,20,22,24);1H. The molecule has 2 aromatic rings. The molecular formula is C17H23ClN4O3.